The van der Waals surface area contributed by atoms with E-state index in [-0.39, 0.29) is 12.1 Å². The molecule has 1 rings (SSSR count). The van der Waals surface area contributed by atoms with Crippen LogP contribution in [-0.4, -0.2) is 20.6 Å². The summed E-state index contributed by atoms with van der Waals surface area (Å²) in [6, 6.07) is 0. The predicted molar refractivity (Wildman–Crippen MR) is 54.7 cm³/mol. The highest BCUT2D eigenvalue weighted by molar-refractivity contribution is 5.66. The highest BCUT2D eigenvalue weighted by atomic mass is 16.4. The topological polar surface area (TPSA) is 72.2 Å². The van der Waals surface area contributed by atoms with Crippen LogP contribution in [-0.2, 0) is 11.3 Å². The Kier molecular flexibility index (Phi) is 4.03. The maximum atomic E-state index is 11.2. The molecular formula is C10H14N2O3. The molecule has 0 spiro atoms. The summed E-state index contributed by atoms with van der Waals surface area (Å²) in [5.41, 5.74) is 0.642. The van der Waals surface area contributed by atoms with Gasteiger partial charge in [-0.05, 0) is 25.3 Å². The Balaban J connectivity index is 2.47. The molecule has 1 aromatic heterocycles. The molecule has 0 aliphatic carbocycles. The van der Waals surface area contributed by atoms with Gasteiger partial charge in [0.15, 0.2) is 0 Å². The average molecular weight is 210 g/mol. The van der Waals surface area contributed by atoms with Gasteiger partial charge in [-0.2, -0.15) is 0 Å². The van der Waals surface area contributed by atoms with Gasteiger partial charge >= 0.3 is 11.7 Å². The molecule has 15 heavy (non-hydrogen) atoms. The molecule has 1 heterocycles. The molecule has 0 bridgehead atoms. The Morgan fingerprint density at radius 1 is 1.53 bits per heavy atom. The number of carboxylic acids is 1. The molecule has 0 aliphatic rings. The largest absolute Gasteiger partial charge is 0.481 e. The molecule has 0 saturated carbocycles. The van der Waals surface area contributed by atoms with Crippen molar-refractivity contribution >= 4 is 5.97 Å². The van der Waals surface area contributed by atoms with Crippen molar-refractivity contribution in [2.75, 3.05) is 0 Å². The lowest BCUT2D eigenvalue weighted by molar-refractivity contribution is -0.137. The van der Waals surface area contributed by atoms with Gasteiger partial charge in [0, 0.05) is 25.4 Å². The zero-order valence-electron chi connectivity index (χ0n) is 8.64. The number of hydrogen-bond acceptors (Lipinski definition) is 3. The fourth-order valence-electron chi connectivity index (χ4n) is 1.28. The molecule has 5 nitrogen and oxygen atoms in total. The summed E-state index contributed by atoms with van der Waals surface area (Å²) in [6.07, 6.45) is 4.66. The third kappa shape index (κ3) is 3.93. The van der Waals surface area contributed by atoms with Crippen molar-refractivity contribution in [1.29, 1.82) is 0 Å². The van der Waals surface area contributed by atoms with E-state index in [4.69, 9.17) is 5.11 Å². The summed E-state index contributed by atoms with van der Waals surface area (Å²) in [5, 5.41) is 8.43. The number of unbranched alkanes of at least 4 members (excludes halogenated alkanes) is 1. The van der Waals surface area contributed by atoms with Gasteiger partial charge in [0.25, 0.3) is 0 Å². The van der Waals surface area contributed by atoms with Crippen molar-refractivity contribution in [2.24, 2.45) is 0 Å². The van der Waals surface area contributed by atoms with Crippen LogP contribution in [0.2, 0.25) is 0 Å². The highest BCUT2D eigenvalue weighted by Gasteiger charge is 1.99. The average Bonchev–Trinajstić information content (AvgIpc) is 2.17. The van der Waals surface area contributed by atoms with Crippen molar-refractivity contribution in [1.82, 2.24) is 9.55 Å². The smallest absolute Gasteiger partial charge is 0.347 e. The molecule has 0 radical (unpaired) electrons. The van der Waals surface area contributed by atoms with Crippen molar-refractivity contribution in [3.8, 4) is 0 Å². The van der Waals surface area contributed by atoms with E-state index in [1.165, 1.54) is 10.8 Å². The molecule has 0 atom stereocenters. The standard InChI is InChI=1S/C10H14N2O3/c1-8-6-11-10(15)12(7-8)5-3-2-4-9(13)14/h6-7H,2-5H2,1H3,(H,13,14). The molecule has 5 heteroatoms. The number of aryl methyl sites for hydroxylation is 2. The summed E-state index contributed by atoms with van der Waals surface area (Å²) in [4.78, 5) is 25.2. The Labute approximate surface area is 87.4 Å². The molecular weight excluding hydrogens is 196 g/mol. The third-order valence-electron chi connectivity index (χ3n) is 2.02. The van der Waals surface area contributed by atoms with Crippen LogP contribution >= 0.6 is 0 Å². The third-order valence-corrected chi connectivity index (χ3v) is 2.02. The number of aromatic nitrogens is 2. The first-order chi connectivity index (χ1) is 7.09. The summed E-state index contributed by atoms with van der Waals surface area (Å²) < 4.78 is 1.51. The lowest BCUT2D eigenvalue weighted by atomic mass is 10.2. The van der Waals surface area contributed by atoms with Crippen LogP contribution in [0.25, 0.3) is 0 Å². The van der Waals surface area contributed by atoms with Crippen LogP contribution in [0.15, 0.2) is 17.2 Å². The number of rotatable bonds is 5. The monoisotopic (exact) mass is 210 g/mol. The van der Waals surface area contributed by atoms with Gasteiger partial charge in [0.2, 0.25) is 0 Å². The van der Waals surface area contributed by atoms with Gasteiger partial charge in [-0.25, -0.2) is 9.78 Å². The second-order valence-electron chi connectivity index (χ2n) is 3.46. The van der Waals surface area contributed by atoms with Gasteiger partial charge in [0.05, 0.1) is 0 Å². The minimum atomic E-state index is -0.801. The summed E-state index contributed by atoms with van der Waals surface area (Å²) in [7, 11) is 0. The van der Waals surface area contributed by atoms with Crippen molar-refractivity contribution in [2.45, 2.75) is 32.7 Å². The first-order valence-corrected chi connectivity index (χ1v) is 4.84. The van der Waals surface area contributed by atoms with Crippen molar-refractivity contribution < 1.29 is 9.90 Å². The number of carboxylic acid groups (broad SMARTS) is 1. The van der Waals surface area contributed by atoms with E-state index in [2.05, 4.69) is 4.98 Å². The lowest BCUT2D eigenvalue weighted by Gasteiger charge is -2.04. The van der Waals surface area contributed by atoms with Gasteiger partial charge in [-0.3, -0.25) is 9.36 Å². The second-order valence-corrected chi connectivity index (χ2v) is 3.46. The SMILES string of the molecule is Cc1cnc(=O)n(CCCCC(=O)O)c1. The van der Waals surface area contributed by atoms with Crippen LogP contribution in [0.4, 0.5) is 0 Å². The number of aliphatic carboxylic acids is 1. The highest BCUT2D eigenvalue weighted by Crippen LogP contribution is 1.98. The zero-order valence-corrected chi connectivity index (χ0v) is 8.64. The number of nitrogens with zero attached hydrogens (tertiary/aromatic N) is 2. The van der Waals surface area contributed by atoms with Crippen LogP contribution in [0.3, 0.4) is 0 Å². The quantitative estimate of drug-likeness (QED) is 0.730. The van der Waals surface area contributed by atoms with E-state index in [0.717, 1.165) is 5.56 Å². The minimum absolute atomic E-state index is 0.147. The van der Waals surface area contributed by atoms with Crippen LogP contribution in [0.5, 0.6) is 0 Å². The van der Waals surface area contributed by atoms with Gasteiger partial charge in [-0.15, -0.1) is 0 Å². The summed E-state index contributed by atoms with van der Waals surface area (Å²) >= 11 is 0. The molecule has 1 N–H and O–H groups in total. The van der Waals surface area contributed by atoms with Crippen LogP contribution in [0.1, 0.15) is 24.8 Å². The lowest BCUT2D eigenvalue weighted by Crippen LogP contribution is -2.22. The van der Waals surface area contributed by atoms with E-state index < -0.39 is 5.97 Å². The molecule has 82 valence electrons. The predicted octanol–water partition coefficient (Wildman–Crippen LogP) is 0.807. The van der Waals surface area contributed by atoms with E-state index in [0.29, 0.717) is 19.4 Å². The Bertz CT molecular complexity index is 398. The van der Waals surface area contributed by atoms with Crippen LogP contribution < -0.4 is 5.69 Å². The number of hydrogen-bond donors (Lipinski definition) is 1. The first-order valence-electron chi connectivity index (χ1n) is 4.84. The first kappa shape index (κ1) is 11.4. The molecule has 0 saturated heterocycles. The van der Waals surface area contributed by atoms with E-state index in [9.17, 15) is 9.59 Å². The molecule has 0 fully saturated rings. The van der Waals surface area contributed by atoms with Crippen LogP contribution in [0, 0.1) is 6.92 Å². The maximum absolute atomic E-state index is 11.2. The molecule has 0 amide bonds. The van der Waals surface area contributed by atoms with Crippen molar-refractivity contribution in [3.05, 3.63) is 28.4 Å². The van der Waals surface area contributed by atoms with Gasteiger partial charge in [-0.1, -0.05) is 0 Å². The molecule has 1 aromatic rings. The fraction of sp³-hybridized carbons (Fsp3) is 0.500. The molecule has 0 unspecified atom stereocenters. The van der Waals surface area contributed by atoms with Gasteiger partial charge < -0.3 is 5.11 Å². The summed E-state index contributed by atoms with van der Waals surface area (Å²) in [6.45, 7) is 2.39. The van der Waals surface area contributed by atoms with Crippen molar-refractivity contribution in [3.63, 3.8) is 0 Å². The molecule has 0 aliphatic heterocycles. The van der Waals surface area contributed by atoms with E-state index in [1.54, 1.807) is 6.20 Å². The zero-order chi connectivity index (χ0) is 11.3. The normalized spacial score (nSPS) is 10.2. The second kappa shape index (κ2) is 5.29. The summed E-state index contributed by atoms with van der Waals surface area (Å²) in [5.74, 6) is -0.801. The minimum Gasteiger partial charge on any atom is -0.481 e. The fourth-order valence-corrected chi connectivity index (χ4v) is 1.28. The maximum Gasteiger partial charge on any atom is 0.347 e. The Morgan fingerprint density at radius 2 is 2.27 bits per heavy atom. The molecule has 0 aromatic carbocycles. The Morgan fingerprint density at radius 3 is 2.93 bits per heavy atom. The van der Waals surface area contributed by atoms with E-state index >= 15 is 0 Å². The van der Waals surface area contributed by atoms with E-state index in [1.807, 2.05) is 6.92 Å². The number of carbonyl (C=O) groups is 1. The Hall–Kier alpha value is -1.65. The van der Waals surface area contributed by atoms with Gasteiger partial charge in [0.1, 0.15) is 0 Å².